The van der Waals surface area contributed by atoms with Crippen molar-refractivity contribution in [1.82, 2.24) is 25.3 Å². The van der Waals surface area contributed by atoms with Crippen molar-refractivity contribution >= 4 is 58.1 Å². The molecular weight excluding hydrogens is 444 g/mol. The molecule has 0 aliphatic heterocycles. The zero-order valence-electron chi connectivity index (χ0n) is 16.2. The van der Waals surface area contributed by atoms with Crippen LogP contribution in [-0.4, -0.2) is 54.0 Å². The van der Waals surface area contributed by atoms with Crippen LogP contribution in [0.15, 0.2) is 24.4 Å². The van der Waals surface area contributed by atoms with Crippen LogP contribution in [0.2, 0.25) is 5.02 Å². The van der Waals surface area contributed by atoms with E-state index >= 15 is 0 Å². The van der Waals surface area contributed by atoms with E-state index in [9.17, 15) is 14.4 Å². The number of anilines is 3. The summed E-state index contributed by atoms with van der Waals surface area (Å²) in [5.74, 6) is -3.56. The summed E-state index contributed by atoms with van der Waals surface area (Å²) in [6, 6.07) is 2.78. The van der Waals surface area contributed by atoms with E-state index in [0.717, 1.165) is 0 Å². The summed E-state index contributed by atoms with van der Waals surface area (Å²) in [7, 11) is 0. The second-order valence-corrected chi connectivity index (χ2v) is 6.92. The number of carboxylic acids is 2. The molecule has 32 heavy (non-hydrogen) atoms. The molecule has 1 atom stereocenters. The van der Waals surface area contributed by atoms with E-state index in [0.29, 0.717) is 16.9 Å². The molecule has 1 aromatic carbocycles. The average Bonchev–Trinajstić information content (AvgIpc) is 2.71. The number of hydrogen-bond acceptors (Lipinski definition) is 10. The van der Waals surface area contributed by atoms with Crippen LogP contribution in [-0.2, 0) is 16.1 Å². The molecule has 3 rings (SSSR count). The molecule has 0 bridgehead atoms. The number of fused-ring (bicyclic) bond motifs is 1. The van der Waals surface area contributed by atoms with Crippen molar-refractivity contribution in [3.05, 3.63) is 40.7 Å². The number of carboxylic acid groups (broad SMARTS) is 2. The van der Waals surface area contributed by atoms with Gasteiger partial charge in [0.2, 0.25) is 5.95 Å². The molecule has 13 nitrogen and oxygen atoms in total. The lowest BCUT2D eigenvalue weighted by Crippen LogP contribution is -2.42. The van der Waals surface area contributed by atoms with Crippen LogP contribution in [0, 0.1) is 0 Å². The Labute approximate surface area is 184 Å². The maximum atomic E-state index is 12.3. The molecule has 0 saturated carbocycles. The Kier molecular flexibility index (Phi) is 6.49. The second-order valence-electron chi connectivity index (χ2n) is 6.51. The molecule has 166 valence electrons. The average molecular weight is 461 g/mol. The summed E-state index contributed by atoms with van der Waals surface area (Å²) >= 11 is 6.15. The lowest BCUT2D eigenvalue weighted by molar-refractivity contribution is -0.145. The van der Waals surface area contributed by atoms with E-state index < -0.39 is 30.3 Å². The SMILES string of the molecule is Nc1nc(N)c2nc(CNc3ccc(C(=O)N[C@@H](CC(=O)O)C(=O)O)c(Cl)c3)cnc2n1. The number of rotatable bonds is 8. The highest BCUT2D eigenvalue weighted by Crippen LogP contribution is 2.22. The van der Waals surface area contributed by atoms with Crippen molar-refractivity contribution in [3.8, 4) is 0 Å². The number of halogens is 1. The lowest BCUT2D eigenvalue weighted by atomic mass is 10.1. The molecule has 2 heterocycles. The predicted octanol–water partition coefficient (Wildman–Crippen LogP) is 0.507. The van der Waals surface area contributed by atoms with Crippen molar-refractivity contribution in [2.45, 2.75) is 19.0 Å². The Morgan fingerprint density at radius 1 is 1.12 bits per heavy atom. The summed E-state index contributed by atoms with van der Waals surface area (Å²) in [4.78, 5) is 50.5. The molecule has 0 fully saturated rings. The van der Waals surface area contributed by atoms with Gasteiger partial charge in [-0.25, -0.2) is 14.8 Å². The summed E-state index contributed by atoms with van der Waals surface area (Å²) < 4.78 is 0. The minimum Gasteiger partial charge on any atom is -0.481 e. The normalized spacial score (nSPS) is 11.7. The van der Waals surface area contributed by atoms with Gasteiger partial charge in [0.25, 0.3) is 5.91 Å². The van der Waals surface area contributed by atoms with Gasteiger partial charge in [-0.15, -0.1) is 0 Å². The Balaban J connectivity index is 1.70. The van der Waals surface area contributed by atoms with Gasteiger partial charge in [-0.05, 0) is 18.2 Å². The van der Waals surface area contributed by atoms with Crippen LogP contribution in [0.5, 0.6) is 0 Å². The molecule has 1 amide bonds. The number of nitrogen functional groups attached to an aromatic ring is 2. The molecule has 0 aliphatic carbocycles. The number of nitrogens with one attached hydrogen (secondary N) is 2. The first-order chi connectivity index (χ1) is 15.1. The monoisotopic (exact) mass is 460 g/mol. The maximum absolute atomic E-state index is 12.3. The number of aromatic nitrogens is 4. The first kappa shape index (κ1) is 22.4. The largest absolute Gasteiger partial charge is 0.481 e. The van der Waals surface area contributed by atoms with E-state index in [1.165, 1.54) is 18.3 Å². The van der Waals surface area contributed by atoms with Crippen LogP contribution in [0.1, 0.15) is 22.5 Å². The van der Waals surface area contributed by atoms with Crippen LogP contribution >= 0.6 is 11.6 Å². The number of carbonyl (C=O) groups excluding carboxylic acids is 1. The number of nitrogens with two attached hydrogens (primary N) is 2. The van der Waals surface area contributed by atoms with Crippen molar-refractivity contribution in [3.63, 3.8) is 0 Å². The van der Waals surface area contributed by atoms with Gasteiger partial charge in [0.15, 0.2) is 17.0 Å². The quantitative estimate of drug-likeness (QED) is 0.270. The van der Waals surface area contributed by atoms with Gasteiger partial charge in [0, 0.05) is 5.69 Å². The van der Waals surface area contributed by atoms with Crippen LogP contribution in [0.3, 0.4) is 0 Å². The summed E-state index contributed by atoms with van der Waals surface area (Å²) in [5.41, 5.74) is 12.9. The van der Waals surface area contributed by atoms with Gasteiger partial charge < -0.3 is 32.3 Å². The minimum atomic E-state index is -1.59. The third kappa shape index (κ3) is 5.26. The van der Waals surface area contributed by atoms with Crippen LogP contribution < -0.4 is 22.1 Å². The van der Waals surface area contributed by atoms with E-state index in [1.54, 1.807) is 6.07 Å². The Hall–Kier alpha value is -4.26. The van der Waals surface area contributed by atoms with E-state index in [4.69, 9.17) is 33.3 Å². The molecule has 2 aromatic heterocycles. The molecule has 0 saturated heterocycles. The molecular formula is C18H17ClN8O5. The fourth-order valence-corrected chi connectivity index (χ4v) is 2.95. The van der Waals surface area contributed by atoms with Crippen molar-refractivity contribution < 1.29 is 24.6 Å². The van der Waals surface area contributed by atoms with E-state index in [-0.39, 0.29) is 34.5 Å². The van der Waals surface area contributed by atoms with E-state index in [2.05, 4.69) is 30.6 Å². The summed E-state index contributed by atoms with van der Waals surface area (Å²) in [5, 5.41) is 23.0. The van der Waals surface area contributed by atoms with Crippen LogP contribution in [0.4, 0.5) is 17.5 Å². The van der Waals surface area contributed by atoms with Gasteiger partial charge in [0.05, 0.1) is 35.4 Å². The molecule has 8 N–H and O–H groups in total. The Bertz CT molecular complexity index is 1220. The molecule has 0 radical (unpaired) electrons. The number of hydrogen-bond donors (Lipinski definition) is 6. The van der Waals surface area contributed by atoms with Gasteiger partial charge in [-0.3, -0.25) is 9.59 Å². The molecule has 14 heteroatoms. The highest BCUT2D eigenvalue weighted by molar-refractivity contribution is 6.34. The van der Waals surface area contributed by atoms with Gasteiger partial charge in [0.1, 0.15) is 6.04 Å². The Morgan fingerprint density at radius 2 is 1.88 bits per heavy atom. The number of nitrogens with zero attached hydrogens (tertiary/aromatic N) is 4. The maximum Gasteiger partial charge on any atom is 0.326 e. The fourth-order valence-electron chi connectivity index (χ4n) is 2.68. The number of amides is 1. The van der Waals surface area contributed by atoms with Gasteiger partial charge in [-0.2, -0.15) is 9.97 Å². The van der Waals surface area contributed by atoms with Gasteiger partial charge >= 0.3 is 11.9 Å². The smallest absolute Gasteiger partial charge is 0.326 e. The standard InChI is InChI=1S/C18H17ClN8O5/c19-10-3-7(1-2-9(10)16(30)25-11(17(31)32)4-12(28)29)22-5-8-6-23-15-13(24-8)14(20)26-18(21)27-15/h1-3,6,11,22H,4-5H2,(H,25,30)(H,28,29)(H,31,32)(H4,20,21,23,26,27)/t11-/m0/s1. The third-order valence-corrected chi connectivity index (χ3v) is 4.48. The summed E-state index contributed by atoms with van der Waals surface area (Å²) in [6.45, 7) is 0.230. The zero-order chi connectivity index (χ0) is 23.4. The zero-order valence-corrected chi connectivity index (χ0v) is 17.0. The number of benzene rings is 1. The number of aliphatic carboxylic acids is 2. The van der Waals surface area contributed by atoms with Crippen molar-refractivity contribution in [1.29, 1.82) is 0 Å². The first-order valence-corrected chi connectivity index (χ1v) is 9.35. The van der Waals surface area contributed by atoms with Crippen LogP contribution in [0.25, 0.3) is 11.2 Å². The highest BCUT2D eigenvalue weighted by Gasteiger charge is 2.24. The topological polar surface area (TPSA) is 219 Å². The first-order valence-electron chi connectivity index (χ1n) is 8.97. The fraction of sp³-hybridized carbons (Fsp3) is 0.167. The molecule has 0 aliphatic rings. The van der Waals surface area contributed by atoms with E-state index in [1.807, 2.05) is 0 Å². The minimum absolute atomic E-state index is 0.00780. The molecule has 3 aromatic rings. The lowest BCUT2D eigenvalue weighted by Gasteiger charge is -2.14. The molecule has 0 unspecified atom stereocenters. The number of carbonyl (C=O) groups is 3. The third-order valence-electron chi connectivity index (χ3n) is 4.17. The van der Waals surface area contributed by atoms with Crippen molar-refractivity contribution in [2.24, 2.45) is 0 Å². The second kappa shape index (κ2) is 9.26. The predicted molar refractivity (Wildman–Crippen MR) is 114 cm³/mol. The Morgan fingerprint density at radius 3 is 2.53 bits per heavy atom. The van der Waals surface area contributed by atoms with Gasteiger partial charge in [-0.1, -0.05) is 11.6 Å². The highest BCUT2D eigenvalue weighted by atomic mass is 35.5. The molecule has 0 spiro atoms. The summed E-state index contributed by atoms with van der Waals surface area (Å²) in [6.07, 6.45) is 0.715. The van der Waals surface area contributed by atoms with Crippen molar-refractivity contribution in [2.75, 3.05) is 16.8 Å².